The van der Waals surface area contributed by atoms with Crippen LogP contribution in [0.5, 0.6) is 5.75 Å². The third-order valence-corrected chi connectivity index (χ3v) is 15.7. The van der Waals surface area contributed by atoms with Crippen molar-refractivity contribution in [2.75, 3.05) is 26.9 Å². The first-order chi connectivity index (χ1) is 29.1. The minimum atomic E-state index is -1.60. The number of aliphatic hydroxyl groups is 5. The third kappa shape index (κ3) is 9.45. The number of benzene rings is 1. The van der Waals surface area contributed by atoms with Crippen molar-refractivity contribution in [1.29, 1.82) is 0 Å². The van der Waals surface area contributed by atoms with Crippen LogP contribution in [0.2, 0.25) is 0 Å². The molecule has 3 unspecified atom stereocenters. The molecule has 342 valence electrons. The fraction of sp³-hybridized carbons (Fsp3) is 0.787. The predicted molar refractivity (Wildman–Crippen MR) is 221 cm³/mol. The molecule has 3 saturated carbocycles. The minimum Gasteiger partial charge on any atom is -0.497 e. The number of esters is 2. The van der Waals surface area contributed by atoms with Crippen molar-refractivity contribution in [3.63, 3.8) is 0 Å². The van der Waals surface area contributed by atoms with Crippen LogP contribution in [0.25, 0.3) is 0 Å². The van der Waals surface area contributed by atoms with Gasteiger partial charge in [-0.05, 0) is 122 Å². The number of allylic oxidation sites excluding steroid dienone is 1. The first-order valence-corrected chi connectivity index (χ1v) is 22.7. The Labute approximate surface area is 360 Å². The molecule has 14 heteroatoms. The Morgan fingerprint density at radius 1 is 0.869 bits per heavy atom. The molecule has 5 fully saturated rings. The molecule has 0 amide bonds. The lowest BCUT2D eigenvalue weighted by atomic mass is 9.47. The number of hydrogen-bond acceptors (Lipinski definition) is 14. The van der Waals surface area contributed by atoms with Gasteiger partial charge in [0, 0.05) is 13.5 Å². The molecule has 2 heterocycles. The molecule has 4 aliphatic carbocycles. The minimum absolute atomic E-state index is 0.0569. The maximum absolute atomic E-state index is 13.3. The van der Waals surface area contributed by atoms with E-state index in [9.17, 15) is 35.1 Å². The van der Waals surface area contributed by atoms with Gasteiger partial charge in [0.15, 0.2) is 24.8 Å². The fourth-order valence-electron chi connectivity index (χ4n) is 12.5. The van der Waals surface area contributed by atoms with E-state index in [1.807, 2.05) is 0 Å². The topological polar surface area (TPSA) is 200 Å². The van der Waals surface area contributed by atoms with Crippen molar-refractivity contribution in [3.8, 4) is 5.75 Å². The highest BCUT2D eigenvalue weighted by molar-refractivity contribution is 5.89. The lowest BCUT2D eigenvalue weighted by Gasteiger charge is -2.58. The Hall–Kier alpha value is -2.66. The summed E-state index contributed by atoms with van der Waals surface area (Å²) in [7, 11) is 1.50. The van der Waals surface area contributed by atoms with E-state index >= 15 is 0 Å². The SMILES string of the molecule is COc1ccc(C(=O)O[C@H]2[C@H](O[C@@H]3[C@@H](OC(C)=O)[C@H](O[C@H]4CC5C6CC=C7C[C@@H](O)CC[C@]7(C)C6CC[C@]5(C)[C@H]4[C@H](C)CCC[C@@H](C)CO)OC[C@@H]3O)OC[C@@H](O)[C@@H]2O)cc1. The van der Waals surface area contributed by atoms with E-state index < -0.39 is 61.1 Å². The van der Waals surface area contributed by atoms with E-state index in [4.69, 9.17) is 33.2 Å². The van der Waals surface area contributed by atoms with Gasteiger partial charge >= 0.3 is 11.9 Å². The van der Waals surface area contributed by atoms with Gasteiger partial charge in [0.25, 0.3) is 0 Å². The van der Waals surface area contributed by atoms with Gasteiger partial charge in [-0.25, -0.2) is 4.79 Å². The average molecular weight is 859 g/mol. The van der Waals surface area contributed by atoms with Crippen LogP contribution in [0.1, 0.15) is 109 Å². The van der Waals surface area contributed by atoms with Crippen LogP contribution in [0, 0.1) is 46.3 Å². The molecule has 0 spiro atoms. The smallest absolute Gasteiger partial charge is 0.338 e. The molecule has 14 nitrogen and oxygen atoms in total. The summed E-state index contributed by atoms with van der Waals surface area (Å²) in [4.78, 5) is 26.1. The Balaban J connectivity index is 1.14. The Bertz CT molecular complexity index is 1690. The highest BCUT2D eigenvalue weighted by atomic mass is 16.7. The average Bonchev–Trinajstić information content (AvgIpc) is 3.54. The van der Waals surface area contributed by atoms with Gasteiger partial charge < -0.3 is 58.7 Å². The van der Waals surface area contributed by atoms with Crippen LogP contribution in [-0.4, -0.2) is 126 Å². The monoisotopic (exact) mass is 858 g/mol. The summed E-state index contributed by atoms with van der Waals surface area (Å²) in [6.45, 7) is 10.1. The van der Waals surface area contributed by atoms with Crippen molar-refractivity contribution in [2.24, 2.45) is 46.3 Å². The molecule has 2 aliphatic heterocycles. The Kier molecular flexibility index (Phi) is 14.6. The van der Waals surface area contributed by atoms with Crippen molar-refractivity contribution in [1.82, 2.24) is 0 Å². The lowest BCUT2D eigenvalue weighted by Crippen LogP contribution is -2.62. The lowest BCUT2D eigenvalue weighted by molar-refractivity contribution is -0.340. The van der Waals surface area contributed by atoms with Crippen LogP contribution >= 0.6 is 0 Å². The van der Waals surface area contributed by atoms with Crippen LogP contribution in [-0.2, 0) is 33.2 Å². The molecule has 1 aromatic carbocycles. The largest absolute Gasteiger partial charge is 0.497 e. The molecule has 0 radical (unpaired) electrons. The van der Waals surface area contributed by atoms with Gasteiger partial charge in [-0.2, -0.15) is 0 Å². The summed E-state index contributed by atoms with van der Waals surface area (Å²) in [5, 5.41) is 53.4. The number of rotatable bonds is 14. The molecule has 61 heavy (non-hydrogen) atoms. The Morgan fingerprint density at radius 2 is 1.57 bits per heavy atom. The standard InChI is InChI=1S/C47H70O14/c1-25(22-48)8-7-9-26(2)38-37(21-34-32-15-12-29-20-30(50)16-18-46(29,4)33(32)17-19-47(34,38)5)59-45-42(58-27(3)49)40(36(52)24-57-45)61-44-41(39(53)35(51)23-56-44)60-43(54)28-10-13-31(55-6)14-11-28/h10-14,25-26,30,32-42,44-45,48,50-53H,7-9,15-24H2,1-6H3/t25-,26-,30+,32?,33?,34?,35-,36+,37+,38+,39+,40+,41-,42-,44+,45+,46+,47+/m1/s1. The number of ether oxygens (including phenoxy) is 7. The number of carbonyl (C=O) groups is 2. The number of methoxy groups -OCH3 is 1. The van der Waals surface area contributed by atoms with Crippen LogP contribution < -0.4 is 4.74 Å². The van der Waals surface area contributed by atoms with Gasteiger partial charge in [0.05, 0.1) is 38.1 Å². The molecule has 1 aromatic rings. The molecule has 2 saturated heterocycles. The first kappa shape index (κ1) is 46.3. The van der Waals surface area contributed by atoms with Crippen molar-refractivity contribution in [2.45, 2.75) is 160 Å². The number of carbonyl (C=O) groups excluding carboxylic acids is 2. The van der Waals surface area contributed by atoms with E-state index in [0.717, 1.165) is 64.2 Å². The van der Waals surface area contributed by atoms with E-state index in [0.29, 0.717) is 23.5 Å². The molecule has 5 N–H and O–H groups in total. The van der Waals surface area contributed by atoms with E-state index in [1.54, 1.807) is 12.1 Å². The highest BCUT2D eigenvalue weighted by Gasteiger charge is 2.63. The number of aliphatic hydroxyl groups excluding tert-OH is 5. The second kappa shape index (κ2) is 19.2. The normalized spacial score (nSPS) is 41.9. The summed E-state index contributed by atoms with van der Waals surface area (Å²) < 4.78 is 42.3. The first-order valence-electron chi connectivity index (χ1n) is 22.7. The summed E-state index contributed by atoms with van der Waals surface area (Å²) in [5.74, 6) is 0.954. The molecule has 0 bridgehead atoms. The maximum Gasteiger partial charge on any atom is 0.338 e. The molecular weight excluding hydrogens is 789 g/mol. The van der Waals surface area contributed by atoms with Crippen molar-refractivity contribution in [3.05, 3.63) is 41.5 Å². The number of fused-ring (bicyclic) bond motifs is 5. The third-order valence-electron chi connectivity index (χ3n) is 15.7. The van der Waals surface area contributed by atoms with Crippen molar-refractivity contribution < 1.29 is 68.3 Å². The molecule has 7 rings (SSSR count). The highest BCUT2D eigenvalue weighted by Crippen LogP contribution is 2.68. The molecular formula is C47H70O14. The van der Waals surface area contributed by atoms with E-state index in [2.05, 4.69) is 33.8 Å². The molecule has 0 aromatic heterocycles. The van der Waals surface area contributed by atoms with Gasteiger partial charge in [-0.3, -0.25) is 4.79 Å². The van der Waals surface area contributed by atoms with Gasteiger partial charge in [-0.1, -0.05) is 52.2 Å². The van der Waals surface area contributed by atoms with E-state index in [1.165, 1.54) is 31.7 Å². The number of hydrogen-bond donors (Lipinski definition) is 5. The summed E-state index contributed by atoms with van der Waals surface area (Å²) in [5.41, 5.74) is 1.57. The van der Waals surface area contributed by atoms with Gasteiger partial charge in [0.2, 0.25) is 0 Å². The second-order valence-corrected chi connectivity index (χ2v) is 19.6. The van der Waals surface area contributed by atoms with Gasteiger partial charge in [-0.15, -0.1) is 0 Å². The van der Waals surface area contributed by atoms with Crippen LogP contribution in [0.4, 0.5) is 0 Å². The van der Waals surface area contributed by atoms with Crippen LogP contribution in [0.15, 0.2) is 35.9 Å². The molecule has 18 atom stereocenters. The Morgan fingerprint density at radius 3 is 2.26 bits per heavy atom. The summed E-state index contributed by atoms with van der Waals surface area (Å²) in [6, 6.07) is 6.17. The van der Waals surface area contributed by atoms with E-state index in [-0.39, 0.29) is 66.2 Å². The quantitative estimate of drug-likeness (QED) is 0.127. The zero-order chi connectivity index (χ0) is 43.8. The van der Waals surface area contributed by atoms with Crippen molar-refractivity contribution >= 4 is 11.9 Å². The summed E-state index contributed by atoms with van der Waals surface area (Å²) >= 11 is 0. The fourth-order valence-corrected chi connectivity index (χ4v) is 12.5. The second-order valence-electron chi connectivity index (χ2n) is 19.6. The summed E-state index contributed by atoms with van der Waals surface area (Å²) in [6.07, 6.45) is 0.128. The van der Waals surface area contributed by atoms with Gasteiger partial charge in [0.1, 0.15) is 30.2 Å². The maximum atomic E-state index is 13.3. The van der Waals surface area contributed by atoms with Crippen LogP contribution in [0.3, 0.4) is 0 Å². The zero-order valence-corrected chi connectivity index (χ0v) is 36.7. The molecule has 6 aliphatic rings. The predicted octanol–water partition coefficient (Wildman–Crippen LogP) is 4.70. The zero-order valence-electron chi connectivity index (χ0n) is 36.7.